The van der Waals surface area contributed by atoms with Crippen LogP contribution in [0.15, 0.2) is 4.99 Å². The number of nitrogens with one attached hydrogen (secondary N) is 3. The van der Waals surface area contributed by atoms with Gasteiger partial charge in [0.2, 0.25) is 5.91 Å². The molecule has 0 heterocycles. The second kappa shape index (κ2) is 10.5. The number of halogens is 1. The monoisotopic (exact) mass is 452 g/mol. The summed E-state index contributed by atoms with van der Waals surface area (Å²) in [6.07, 6.45) is 5.17. The fourth-order valence-electron chi connectivity index (χ4n) is 3.22. The Balaban J connectivity index is 0.00000529. The molecule has 0 aromatic rings. The average molecular weight is 452 g/mol. The zero-order valence-corrected chi connectivity index (χ0v) is 18.6. The van der Waals surface area contributed by atoms with Crippen molar-refractivity contribution in [2.75, 3.05) is 19.6 Å². The third-order valence-corrected chi connectivity index (χ3v) is 4.13. The molecule has 1 amide bonds. The number of nitrogens with zero attached hydrogens (tertiary/aromatic N) is 1. The normalized spacial score (nSPS) is 16.9. The van der Waals surface area contributed by atoms with Crippen LogP contribution in [-0.4, -0.2) is 37.0 Å². The van der Waals surface area contributed by atoms with Gasteiger partial charge in [-0.3, -0.25) is 4.79 Å². The van der Waals surface area contributed by atoms with E-state index in [9.17, 15) is 4.79 Å². The van der Waals surface area contributed by atoms with E-state index >= 15 is 0 Å². The van der Waals surface area contributed by atoms with Crippen molar-refractivity contribution in [2.45, 2.75) is 72.8 Å². The number of guanidine groups is 1. The number of rotatable bonds is 7. The maximum absolute atomic E-state index is 11.9. The fraction of sp³-hybridized carbons (Fsp3) is 0.889. The number of hydrogen-bond acceptors (Lipinski definition) is 2. The van der Waals surface area contributed by atoms with Crippen LogP contribution in [0.5, 0.6) is 0 Å². The van der Waals surface area contributed by atoms with Crippen LogP contribution in [0.25, 0.3) is 0 Å². The Morgan fingerprint density at radius 1 is 1.21 bits per heavy atom. The van der Waals surface area contributed by atoms with E-state index < -0.39 is 0 Å². The summed E-state index contributed by atoms with van der Waals surface area (Å²) in [4.78, 5) is 16.3. The molecule has 6 heteroatoms. The standard InChI is InChI=1S/C18H36N4O.HI/c1-7-19-16(20-12-15(23)22-17(4,5)6)21-13-18(9-8-10-18)11-14(2)3;/h14H,7-13H2,1-6H3,(H,22,23)(H2,19,20,21);1H. The molecule has 5 nitrogen and oxygen atoms in total. The summed E-state index contributed by atoms with van der Waals surface area (Å²) in [6, 6.07) is 0. The van der Waals surface area contributed by atoms with Crippen LogP contribution in [0.4, 0.5) is 0 Å². The van der Waals surface area contributed by atoms with Crippen LogP contribution >= 0.6 is 24.0 Å². The topological polar surface area (TPSA) is 65.5 Å². The van der Waals surface area contributed by atoms with Crippen LogP contribution < -0.4 is 16.0 Å². The predicted molar refractivity (Wildman–Crippen MR) is 113 cm³/mol. The van der Waals surface area contributed by atoms with E-state index in [1.165, 1.54) is 25.7 Å². The summed E-state index contributed by atoms with van der Waals surface area (Å²) in [6.45, 7) is 14.4. The van der Waals surface area contributed by atoms with Crippen molar-refractivity contribution in [1.82, 2.24) is 16.0 Å². The number of hydrogen-bond donors (Lipinski definition) is 3. The summed E-state index contributed by atoms with van der Waals surface area (Å²) in [7, 11) is 0. The molecule has 0 aliphatic heterocycles. The van der Waals surface area contributed by atoms with Crippen LogP contribution in [-0.2, 0) is 4.79 Å². The molecule has 1 fully saturated rings. The summed E-state index contributed by atoms with van der Waals surface area (Å²) in [5, 5.41) is 9.62. The van der Waals surface area contributed by atoms with Crippen molar-refractivity contribution in [2.24, 2.45) is 16.3 Å². The van der Waals surface area contributed by atoms with Gasteiger partial charge in [0.1, 0.15) is 6.54 Å². The molecule has 24 heavy (non-hydrogen) atoms. The van der Waals surface area contributed by atoms with Gasteiger partial charge in [0.15, 0.2) is 5.96 Å². The van der Waals surface area contributed by atoms with Crippen molar-refractivity contribution in [3.63, 3.8) is 0 Å². The number of aliphatic imine (C=N–C) groups is 1. The predicted octanol–water partition coefficient (Wildman–Crippen LogP) is 3.29. The van der Waals surface area contributed by atoms with Gasteiger partial charge in [0.25, 0.3) is 0 Å². The molecule has 0 aromatic carbocycles. The molecule has 0 atom stereocenters. The van der Waals surface area contributed by atoms with Crippen LogP contribution in [0, 0.1) is 11.3 Å². The Bertz CT molecular complexity index is 412. The minimum atomic E-state index is -0.217. The zero-order chi connectivity index (χ0) is 17.5. The van der Waals surface area contributed by atoms with Gasteiger partial charge in [-0.15, -0.1) is 24.0 Å². The van der Waals surface area contributed by atoms with Crippen LogP contribution in [0.3, 0.4) is 0 Å². The molecule has 0 bridgehead atoms. The highest BCUT2D eigenvalue weighted by atomic mass is 127. The minimum Gasteiger partial charge on any atom is -0.357 e. The fourth-order valence-corrected chi connectivity index (χ4v) is 3.22. The van der Waals surface area contributed by atoms with Crippen molar-refractivity contribution >= 4 is 35.8 Å². The smallest absolute Gasteiger partial charge is 0.242 e. The Morgan fingerprint density at radius 3 is 2.25 bits per heavy atom. The highest BCUT2D eigenvalue weighted by molar-refractivity contribution is 14.0. The first-order valence-electron chi connectivity index (χ1n) is 8.99. The SMILES string of the molecule is CCNC(=NCC(=O)NC(C)(C)C)NCC1(CC(C)C)CCC1.I. The van der Waals surface area contributed by atoms with E-state index in [-0.39, 0.29) is 42.0 Å². The van der Waals surface area contributed by atoms with Gasteiger partial charge in [-0.2, -0.15) is 0 Å². The third-order valence-electron chi connectivity index (χ3n) is 4.13. The number of amides is 1. The largest absolute Gasteiger partial charge is 0.357 e. The Kier molecular flexibility index (Phi) is 10.2. The summed E-state index contributed by atoms with van der Waals surface area (Å²) in [5.41, 5.74) is 0.198. The first-order chi connectivity index (χ1) is 10.7. The molecular formula is C18H37IN4O. The molecule has 1 saturated carbocycles. The van der Waals surface area contributed by atoms with E-state index in [1.54, 1.807) is 0 Å². The lowest BCUT2D eigenvalue weighted by Crippen LogP contribution is -2.47. The lowest BCUT2D eigenvalue weighted by atomic mass is 9.64. The molecule has 0 radical (unpaired) electrons. The van der Waals surface area contributed by atoms with Gasteiger partial charge in [0, 0.05) is 18.6 Å². The lowest BCUT2D eigenvalue weighted by Gasteiger charge is -2.43. The quantitative estimate of drug-likeness (QED) is 0.316. The third kappa shape index (κ3) is 9.08. The Hall–Kier alpha value is -0.530. The van der Waals surface area contributed by atoms with Crippen LogP contribution in [0.2, 0.25) is 0 Å². The first-order valence-corrected chi connectivity index (χ1v) is 8.99. The number of carbonyl (C=O) groups excluding carboxylic acids is 1. The molecule has 0 aromatic heterocycles. The van der Waals surface area contributed by atoms with Crippen molar-refractivity contribution in [3.05, 3.63) is 0 Å². The first kappa shape index (κ1) is 23.5. The minimum absolute atomic E-state index is 0. The van der Waals surface area contributed by atoms with Crippen molar-refractivity contribution < 1.29 is 4.79 Å². The molecule has 0 spiro atoms. The average Bonchev–Trinajstić information content (AvgIpc) is 2.36. The van der Waals surface area contributed by atoms with Gasteiger partial charge in [-0.05, 0) is 58.3 Å². The van der Waals surface area contributed by atoms with Gasteiger partial charge in [-0.1, -0.05) is 20.3 Å². The van der Waals surface area contributed by atoms with Gasteiger partial charge in [0.05, 0.1) is 0 Å². The molecular weight excluding hydrogens is 415 g/mol. The maximum atomic E-state index is 11.9. The van der Waals surface area contributed by atoms with Crippen molar-refractivity contribution in [3.8, 4) is 0 Å². The van der Waals surface area contributed by atoms with Gasteiger partial charge < -0.3 is 16.0 Å². The lowest BCUT2D eigenvalue weighted by molar-refractivity contribution is -0.121. The number of carbonyl (C=O) groups is 1. The zero-order valence-electron chi connectivity index (χ0n) is 16.3. The highest BCUT2D eigenvalue weighted by Gasteiger charge is 2.37. The van der Waals surface area contributed by atoms with Crippen LogP contribution in [0.1, 0.15) is 67.2 Å². The second-order valence-electron chi connectivity index (χ2n) is 8.30. The second-order valence-corrected chi connectivity index (χ2v) is 8.30. The van der Waals surface area contributed by atoms with Gasteiger partial charge >= 0.3 is 0 Å². The van der Waals surface area contributed by atoms with E-state index in [1.807, 2.05) is 27.7 Å². The van der Waals surface area contributed by atoms with Gasteiger partial charge in [-0.25, -0.2) is 4.99 Å². The highest BCUT2D eigenvalue weighted by Crippen LogP contribution is 2.45. The Morgan fingerprint density at radius 2 is 1.83 bits per heavy atom. The van der Waals surface area contributed by atoms with E-state index in [0.717, 1.165) is 19.0 Å². The van der Waals surface area contributed by atoms with E-state index in [4.69, 9.17) is 0 Å². The molecule has 0 saturated heterocycles. The molecule has 1 rings (SSSR count). The summed E-state index contributed by atoms with van der Waals surface area (Å²) >= 11 is 0. The molecule has 3 N–H and O–H groups in total. The summed E-state index contributed by atoms with van der Waals surface area (Å²) < 4.78 is 0. The molecule has 1 aliphatic carbocycles. The van der Waals surface area contributed by atoms with E-state index in [2.05, 4.69) is 34.8 Å². The van der Waals surface area contributed by atoms with E-state index in [0.29, 0.717) is 11.3 Å². The molecule has 0 unspecified atom stereocenters. The summed E-state index contributed by atoms with van der Waals surface area (Å²) in [5.74, 6) is 1.41. The maximum Gasteiger partial charge on any atom is 0.242 e. The molecule has 142 valence electrons. The Labute approximate surface area is 165 Å². The molecule has 1 aliphatic rings. The van der Waals surface area contributed by atoms with Crippen molar-refractivity contribution in [1.29, 1.82) is 0 Å².